The Kier molecular flexibility index (Phi) is 8.76. The van der Waals surface area contributed by atoms with Crippen LogP contribution in [0.1, 0.15) is 6.42 Å². The molecule has 0 radical (unpaired) electrons. The molecule has 1 aromatic rings. The molecule has 0 aliphatic rings. The lowest BCUT2D eigenvalue weighted by Gasteiger charge is -2.29. The predicted molar refractivity (Wildman–Crippen MR) is 76.9 cm³/mol. The monoisotopic (exact) mass is 301 g/mol. The zero-order chi connectivity index (χ0) is 14.1. The van der Waals surface area contributed by atoms with Crippen molar-refractivity contribution in [2.45, 2.75) is 6.42 Å². The highest BCUT2D eigenvalue weighted by Gasteiger charge is 2.14. The molecule has 0 heterocycles. The van der Waals surface area contributed by atoms with E-state index in [9.17, 15) is 4.79 Å². The lowest BCUT2D eigenvalue weighted by atomic mass is 10.3. The van der Waals surface area contributed by atoms with E-state index in [0.717, 1.165) is 48.4 Å². The Morgan fingerprint density at radius 1 is 1.25 bits per heavy atom. The Labute approximate surface area is 127 Å². The third kappa shape index (κ3) is 7.86. The van der Waals surface area contributed by atoms with Gasteiger partial charge in [-0.15, -0.1) is 0 Å². The van der Waals surface area contributed by atoms with E-state index in [1.807, 2.05) is 24.3 Å². The summed E-state index contributed by atoms with van der Waals surface area (Å²) in [5.41, 5.74) is 6.36. The summed E-state index contributed by atoms with van der Waals surface area (Å²) in [4.78, 5) is 10.1. The second-order valence-electron chi connectivity index (χ2n) is 5.23. The van der Waals surface area contributed by atoms with Crippen molar-refractivity contribution >= 4 is 12.1 Å². The Morgan fingerprint density at radius 2 is 1.90 bits per heavy atom. The average molecular weight is 302 g/mol. The van der Waals surface area contributed by atoms with E-state index < -0.39 is 0 Å². The highest BCUT2D eigenvalue weighted by atomic mass is 35.5. The molecule has 0 aliphatic heterocycles. The second-order valence-corrected chi connectivity index (χ2v) is 5.23. The van der Waals surface area contributed by atoms with Gasteiger partial charge in [0.05, 0.1) is 20.6 Å². The van der Waals surface area contributed by atoms with Crippen molar-refractivity contribution in [3.8, 4) is 5.75 Å². The molecule has 0 atom stereocenters. The largest absolute Gasteiger partial charge is 1.00 e. The fourth-order valence-corrected chi connectivity index (χ4v) is 1.75. The highest BCUT2D eigenvalue weighted by molar-refractivity contribution is 5.45. The molecule has 0 aromatic heterocycles. The lowest BCUT2D eigenvalue weighted by molar-refractivity contribution is -0.890. The van der Waals surface area contributed by atoms with Crippen molar-refractivity contribution in [3.63, 3.8) is 0 Å². The number of rotatable bonds is 9. The molecule has 3 N–H and O–H groups in total. The van der Waals surface area contributed by atoms with Crippen LogP contribution in [-0.2, 0) is 4.79 Å². The van der Waals surface area contributed by atoms with Gasteiger partial charge in [-0.1, -0.05) is 0 Å². The molecule has 0 aliphatic carbocycles. The van der Waals surface area contributed by atoms with Gasteiger partial charge in [0.1, 0.15) is 18.9 Å². The molecule has 20 heavy (non-hydrogen) atoms. The number of nitrogens with zero attached hydrogens (tertiary/aromatic N) is 1. The van der Waals surface area contributed by atoms with Crippen LogP contribution in [0.2, 0.25) is 0 Å². The average Bonchev–Trinajstić information content (AvgIpc) is 2.37. The fraction of sp³-hybridized carbons (Fsp3) is 0.500. The summed E-state index contributed by atoms with van der Waals surface area (Å²) >= 11 is 0. The van der Waals surface area contributed by atoms with Crippen LogP contribution in [0.25, 0.3) is 0 Å². The summed E-state index contributed by atoms with van der Waals surface area (Å²) < 4.78 is 6.55. The van der Waals surface area contributed by atoms with E-state index in [2.05, 4.69) is 19.4 Å². The van der Waals surface area contributed by atoms with E-state index in [1.165, 1.54) is 0 Å². The highest BCUT2D eigenvalue weighted by Crippen LogP contribution is 2.13. The van der Waals surface area contributed by atoms with Crippen molar-refractivity contribution in [2.24, 2.45) is 0 Å². The summed E-state index contributed by atoms with van der Waals surface area (Å²) in [5.74, 6) is 0.844. The zero-order valence-electron chi connectivity index (χ0n) is 12.1. The number of anilines is 1. The number of nitrogen functional groups attached to an aromatic ring is 1. The minimum Gasteiger partial charge on any atom is -1.00 e. The molecule has 1 rings (SSSR count). The standard InChI is InChI=1S/C14H23N3O2.ClH/c1-17(2,9-3-8-16-12-18)10-11-19-14-6-4-13(15)5-7-14;/h4-7,12H,3,8-11,15H2,1-2H3;1H. The molecular formula is C14H24ClN3O2. The number of nitrogens with two attached hydrogens (primary N) is 1. The lowest BCUT2D eigenvalue weighted by Crippen LogP contribution is -3.00. The molecular weight excluding hydrogens is 278 g/mol. The number of likely N-dealkylation sites (N-methyl/N-ethyl adjacent to an activating group) is 1. The van der Waals surface area contributed by atoms with Gasteiger partial charge in [-0.25, -0.2) is 0 Å². The van der Waals surface area contributed by atoms with Gasteiger partial charge < -0.3 is 32.7 Å². The molecule has 0 spiro atoms. The van der Waals surface area contributed by atoms with Gasteiger partial charge >= 0.3 is 0 Å². The Bertz CT molecular complexity index is 383. The summed E-state index contributed by atoms with van der Waals surface area (Å²) in [6.45, 7) is 3.32. The van der Waals surface area contributed by atoms with Gasteiger partial charge in [0, 0.05) is 18.7 Å². The van der Waals surface area contributed by atoms with E-state index in [4.69, 9.17) is 10.5 Å². The number of quaternary nitrogens is 1. The first-order chi connectivity index (χ1) is 9.03. The molecule has 0 saturated carbocycles. The quantitative estimate of drug-likeness (QED) is 0.237. The number of hydrogen-bond acceptors (Lipinski definition) is 3. The van der Waals surface area contributed by atoms with Crippen LogP contribution < -0.4 is 28.2 Å². The maximum atomic E-state index is 10.1. The molecule has 114 valence electrons. The third-order valence-electron chi connectivity index (χ3n) is 3.01. The first kappa shape index (κ1) is 18.5. The number of carbonyl (C=O) groups is 1. The van der Waals surface area contributed by atoms with Crippen LogP contribution in [0.5, 0.6) is 5.75 Å². The smallest absolute Gasteiger partial charge is 0.207 e. The SMILES string of the molecule is C[N+](C)(CCCNC=O)CCOc1ccc(N)cc1.[Cl-]. The summed E-state index contributed by atoms with van der Waals surface area (Å²) in [6, 6.07) is 7.42. The van der Waals surface area contributed by atoms with Crippen LogP contribution in [0.15, 0.2) is 24.3 Å². The Hall–Kier alpha value is -1.46. The fourth-order valence-electron chi connectivity index (χ4n) is 1.75. The van der Waals surface area contributed by atoms with Gasteiger partial charge in [0.15, 0.2) is 0 Å². The number of ether oxygens (including phenoxy) is 1. The minimum atomic E-state index is 0. The van der Waals surface area contributed by atoms with Gasteiger partial charge in [-0.2, -0.15) is 0 Å². The number of amides is 1. The van der Waals surface area contributed by atoms with Crippen LogP contribution in [0, 0.1) is 0 Å². The maximum Gasteiger partial charge on any atom is 0.207 e. The first-order valence-corrected chi connectivity index (χ1v) is 6.51. The number of benzene rings is 1. The van der Waals surface area contributed by atoms with Crippen molar-refractivity contribution < 1.29 is 26.4 Å². The summed E-state index contributed by atoms with van der Waals surface area (Å²) in [7, 11) is 4.32. The molecule has 0 bridgehead atoms. The molecule has 5 nitrogen and oxygen atoms in total. The van der Waals surface area contributed by atoms with Crippen molar-refractivity contribution in [3.05, 3.63) is 24.3 Å². The zero-order valence-corrected chi connectivity index (χ0v) is 12.9. The van der Waals surface area contributed by atoms with Crippen LogP contribution in [-0.4, -0.2) is 51.2 Å². The number of hydrogen-bond donors (Lipinski definition) is 2. The number of carbonyl (C=O) groups excluding carboxylic acids is 1. The Morgan fingerprint density at radius 3 is 2.50 bits per heavy atom. The minimum absolute atomic E-state index is 0. The van der Waals surface area contributed by atoms with E-state index in [0.29, 0.717) is 6.61 Å². The van der Waals surface area contributed by atoms with E-state index >= 15 is 0 Å². The molecule has 0 fully saturated rings. The molecule has 1 amide bonds. The van der Waals surface area contributed by atoms with Gasteiger partial charge in [-0.05, 0) is 24.3 Å². The molecule has 1 aromatic carbocycles. The van der Waals surface area contributed by atoms with Crippen LogP contribution >= 0.6 is 0 Å². The molecule has 6 heteroatoms. The van der Waals surface area contributed by atoms with E-state index in [-0.39, 0.29) is 12.4 Å². The molecule has 0 saturated heterocycles. The van der Waals surface area contributed by atoms with Crippen molar-refractivity contribution in [2.75, 3.05) is 46.1 Å². The summed E-state index contributed by atoms with van der Waals surface area (Å²) in [5, 5.41) is 2.67. The number of nitrogens with one attached hydrogen (secondary N) is 1. The summed E-state index contributed by atoms with van der Waals surface area (Å²) in [6.07, 6.45) is 1.71. The first-order valence-electron chi connectivity index (χ1n) is 6.51. The van der Waals surface area contributed by atoms with Crippen molar-refractivity contribution in [1.82, 2.24) is 5.32 Å². The van der Waals surface area contributed by atoms with Gasteiger partial charge in [-0.3, -0.25) is 4.79 Å². The normalized spacial score (nSPS) is 10.5. The number of halogens is 1. The molecule has 0 unspecified atom stereocenters. The van der Waals surface area contributed by atoms with Crippen molar-refractivity contribution in [1.29, 1.82) is 0 Å². The second kappa shape index (κ2) is 9.44. The third-order valence-corrected chi connectivity index (χ3v) is 3.01. The van der Waals surface area contributed by atoms with E-state index in [1.54, 1.807) is 0 Å². The van der Waals surface area contributed by atoms with Gasteiger partial charge in [0.25, 0.3) is 0 Å². The maximum absolute atomic E-state index is 10.1. The van der Waals surface area contributed by atoms with Crippen LogP contribution in [0.4, 0.5) is 5.69 Å². The predicted octanol–water partition coefficient (Wildman–Crippen LogP) is -2.14. The van der Waals surface area contributed by atoms with Gasteiger partial charge in [0.2, 0.25) is 6.41 Å². The van der Waals surface area contributed by atoms with Crippen LogP contribution in [0.3, 0.4) is 0 Å². The topological polar surface area (TPSA) is 64.3 Å². The Balaban J connectivity index is 0.00000361.